The molecule has 5 aromatic rings. The van der Waals surface area contributed by atoms with Gasteiger partial charge in [0.15, 0.2) is 10.9 Å². The summed E-state index contributed by atoms with van der Waals surface area (Å²) in [5.74, 6) is -1.17. The lowest BCUT2D eigenvalue weighted by Crippen LogP contribution is -2.29. The highest BCUT2D eigenvalue weighted by molar-refractivity contribution is 7.22. The first-order valence-electron chi connectivity index (χ1n) is 12.0. The SMILES string of the molecule is COc1ccc2nc(N3C(=O)C(=O)C(=C(O)c4nc5c(C)cccn5c4C)C3c3ccc(C)cc3)sc2c1. The van der Waals surface area contributed by atoms with Crippen LogP contribution in [0.1, 0.15) is 34.1 Å². The van der Waals surface area contributed by atoms with Gasteiger partial charge < -0.3 is 14.2 Å². The number of pyridine rings is 1. The van der Waals surface area contributed by atoms with Crippen molar-refractivity contribution in [2.75, 3.05) is 12.0 Å². The summed E-state index contributed by atoms with van der Waals surface area (Å²) in [6, 6.07) is 16.0. The minimum atomic E-state index is -0.872. The summed E-state index contributed by atoms with van der Waals surface area (Å²) >= 11 is 1.29. The summed E-state index contributed by atoms with van der Waals surface area (Å²) < 4.78 is 8.01. The Morgan fingerprint density at radius 1 is 1.03 bits per heavy atom. The Balaban J connectivity index is 1.58. The third-order valence-electron chi connectivity index (χ3n) is 6.94. The molecule has 1 fully saturated rings. The Kier molecular flexibility index (Phi) is 5.53. The van der Waals surface area contributed by atoms with E-state index in [4.69, 9.17) is 4.74 Å². The molecule has 6 rings (SSSR count). The second-order valence-electron chi connectivity index (χ2n) is 9.34. The van der Waals surface area contributed by atoms with E-state index in [9.17, 15) is 14.7 Å². The topological polar surface area (TPSA) is 97.0 Å². The third kappa shape index (κ3) is 3.58. The van der Waals surface area contributed by atoms with E-state index >= 15 is 0 Å². The van der Waals surface area contributed by atoms with Crippen LogP contribution in [0.15, 0.2) is 66.4 Å². The van der Waals surface area contributed by atoms with Crippen molar-refractivity contribution in [3.8, 4) is 5.75 Å². The number of carbonyl (C=O) groups is 2. The monoisotopic (exact) mass is 524 g/mol. The zero-order chi connectivity index (χ0) is 26.7. The number of rotatable bonds is 4. The van der Waals surface area contributed by atoms with Gasteiger partial charge in [-0.25, -0.2) is 9.97 Å². The predicted octanol–water partition coefficient (Wildman–Crippen LogP) is 5.50. The maximum atomic E-state index is 13.6. The number of aromatic nitrogens is 3. The number of imidazole rings is 1. The van der Waals surface area contributed by atoms with Crippen molar-refractivity contribution in [1.82, 2.24) is 14.4 Å². The fraction of sp³-hybridized carbons (Fsp3) is 0.172. The van der Waals surface area contributed by atoms with Crippen LogP contribution in [-0.2, 0) is 9.59 Å². The number of hydrogen-bond donors (Lipinski definition) is 1. The average molecular weight is 525 g/mol. The number of aliphatic hydroxyl groups excluding tert-OH is 1. The fourth-order valence-electron chi connectivity index (χ4n) is 4.89. The lowest BCUT2D eigenvalue weighted by molar-refractivity contribution is -0.132. The highest BCUT2D eigenvalue weighted by Gasteiger charge is 2.48. The Morgan fingerprint density at radius 2 is 1.79 bits per heavy atom. The van der Waals surface area contributed by atoms with Gasteiger partial charge in [-0.2, -0.15) is 0 Å². The largest absolute Gasteiger partial charge is 0.505 e. The number of fused-ring (bicyclic) bond motifs is 2. The van der Waals surface area contributed by atoms with Gasteiger partial charge in [0.2, 0.25) is 0 Å². The average Bonchev–Trinajstić information content (AvgIpc) is 3.56. The van der Waals surface area contributed by atoms with Gasteiger partial charge in [-0.15, -0.1) is 0 Å². The first-order chi connectivity index (χ1) is 18.3. The summed E-state index contributed by atoms with van der Waals surface area (Å²) in [6.45, 7) is 5.72. The van der Waals surface area contributed by atoms with Crippen molar-refractivity contribution in [2.45, 2.75) is 26.8 Å². The quantitative estimate of drug-likeness (QED) is 0.189. The van der Waals surface area contributed by atoms with Gasteiger partial charge in [0, 0.05) is 6.20 Å². The molecular formula is C29H24N4O4S. The Morgan fingerprint density at radius 3 is 2.50 bits per heavy atom. The number of hydrogen-bond acceptors (Lipinski definition) is 7. The molecule has 0 saturated carbocycles. The molecule has 1 unspecified atom stereocenters. The molecule has 3 aromatic heterocycles. The number of Topliss-reactive ketones (excluding diaryl/α,β-unsaturated/α-hetero) is 1. The number of anilines is 1. The van der Waals surface area contributed by atoms with Crippen molar-refractivity contribution in [3.63, 3.8) is 0 Å². The van der Waals surface area contributed by atoms with E-state index in [1.54, 1.807) is 13.2 Å². The van der Waals surface area contributed by atoms with Crippen LogP contribution in [-0.4, -0.2) is 38.3 Å². The van der Waals surface area contributed by atoms with Crippen LogP contribution in [0.25, 0.3) is 21.6 Å². The van der Waals surface area contributed by atoms with Crippen molar-refractivity contribution in [3.05, 3.63) is 94.4 Å². The maximum Gasteiger partial charge on any atom is 0.301 e. The minimum Gasteiger partial charge on any atom is -0.505 e. The molecule has 190 valence electrons. The Hall–Kier alpha value is -4.50. The number of ether oxygens (including phenoxy) is 1. The predicted molar refractivity (Wildman–Crippen MR) is 147 cm³/mol. The van der Waals surface area contributed by atoms with Gasteiger partial charge in [0.1, 0.15) is 17.1 Å². The summed E-state index contributed by atoms with van der Waals surface area (Å²) in [7, 11) is 1.59. The lowest BCUT2D eigenvalue weighted by atomic mass is 9.96. The highest BCUT2D eigenvalue weighted by atomic mass is 32.1. The number of nitrogens with zero attached hydrogens (tertiary/aromatic N) is 4. The number of benzene rings is 2. The normalized spacial score (nSPS) is 17.2. The highest BCUT2D eigenvalue weighted by Crippen LogP contribution is 2.45. The summed E-state index contributed by atoms with van der Waals surface area (Å²) in [5.41, 5.74) is 4.92. The number of ketones is 1. The summed E-state index contributed by atoms with van der Waals surface area (Å²) in [4.78, 5) is 37.8. The number of methoxy groups -OCH3 is 1. The van der Waals surface area contributed by atoms with Crippen molar-refractivity contribution >= 4 is 49.8 Å². The first-order valence-corrected chi connectivity index (χ1v) is 12.9. The van der Waals surface area contributed by atoms with E-state index in [1.807, 2.05) is 79.9 Å². The van der Waals surface area contributed by atoms with E-state index in [1.165, 1.54) is 16.2 Å². The zero-order valence-electron chi connectivity index (χ0n) is 21.2. The van der Waals surface area contributed by atoms with Crippen LogP contribution >= 0.6 is 11.3 Å². The molecule has 0 bridgehead atoms. The number of thiazole rings is 1. The first kappa shape index (κ1) is 23.9. The zero-order valence-corrected chi connectivity index (χ0v) is 22.0. The van der Waals surface area contributed by atoms with E-state index in [0.717, 1.165) is 15.8 Å². The third-order valence-corrected chi connectivity index (χ3v) is 7.95. The van der Waals surface area contributed by atoms with Crippen molar-refractivity contribution in [2.24, 2.45) is 0 Å². The Bertz CT molecular complexity index is 1800. The molecule has 1 aliphatic rings. The molecule has 1 amide bonds. The van der Waals surface area contributed by atoms with Crippen molar-refractivity contribution < 1.29 is 19.4 Å². The molecule has 2 aromatic carbocycles. The van der Waals surface area contributed by atoms with Crippen LogP contribution in [0, 0.1) is 20.8 Å². The molecule has 4 heterocycles. The maximum absolute atomic E-state index is 13.6. The molecule has 9 heteroatoms. The van der Waals surface area contributed by atoms with Gasteiger partial charge >= 0.3 is 5.91 Å². The van der Waals surface area contributed by atoms with Gasteiger partial charge in [0.05, 0.1) is 34.6 Å². The van der Waals surface area contributed by atoms with Gasteiger partial charge in [-0.05, 0) is 56.2 Å². The molecule has 8 nitrogen and oxygen atoms in total. The molecular weight excluding hydrogens is 500 g/mol. The van der Waals surface area contributed by atoms with Crippen molar-refractivity contribution in [1.29, 1.82) is 0 Å². The van der Waals surface area contributed by atoms with Crippen LogP contribution in [0.4, 0.5) is 5.13 Å². The van der Waals surface area contributed by atoms with Gasteiger partial charge in [-0.3, -0.25) is 14.5 Å². The summed E-state index contributed by atoms with van der Waals surface area (Å²) in [5, 5.41) is 12.0. The van der Waals surface area contributed by atoms with E-state index in [-0.39, 0.29) is 17.0 Å². The molecule has 0 spiro atoms. The van der Waals surface area contributed by atoms with Gasteiger partial charge in [-0.1, -0.05) is 47.2 Å². The van der Waals surface area contributed by atoms with Crippen LogP contribution in [0.5, 0.6) is 5.75 Å². The number of aliphatic hydroxyl groups is 1. The molecule has 0 radical (unpaired) electrons. The second kappa shape index (κ2) is 8.81. The molecule has 1 aliphatic heterocycles. The fourth-order valence-corrected chi connectivity index (χ4v) is 5.91. The van der Waals surface area contributed by atoms with E-state index in [0.29, 0.717) is 33.3 Å². The smallest absolute Gasteiger partial charge is 0.301 e. The molecule has 1 saturated heterocycles. The van der Waals surface area contributed by atoms with Crippen LogP contribution in [0.3, 0.4) is 0 Å². The standard InChI is InChI=1S/C29H24N4O4S/c1-15-7-9-18(10-8-15)24-22(25(34)23-17(3)32-13-5-6-16(2)27(32)31-23)26(35)28(36)33(24)29-30-20-12-11-19(37-4)14-21(20)38-29/h5-14,24,34H,1-4H3. The molecule has 1 N–H and O–H groups in total. The Labute approximate surface area is 222 Å². The van der Waals surface area contributed by atoms with Crippen LogP contribution < -0.4 is 9.64 Å². The van der Waals surface area contributed by atoms with Gasteiger partial charge in [0.25, 0.3) is 5.78 Å². The molecule has 38 heavy (non-hydrogen) atoms. The van der Waals surface area contributed by atoms with E-state index < -0.39 is 17.7 Å². The van der Waals surface area contributed by atoms with E-state index in [2.05, 4.69) is 9.97 Å². The lowest BCUT2D eigenvalue weighted by Gasteiger charge is -2.23. The number of aryl methyl sites for hydroxylation is 3. The second-order valence-corrected chi connectivity index (χ2v) is 10.3. The van der Waals surface area contributed by atoms with Crippen LogP contribution in [0.2, 0.25) is 0 Å². The number of carbonyl (C=O) groups excluding carboxylic acids is 2. The molecule has 0 aliphatic carbocycles. The minimum absolute atomic E-state index is 0.0140. The number of amides is 1. The molecule has 1 atom stereocenters. The summed E-state index contributed by atoms with van der Waals surface area (Å²) in [6.07, 6.45) is 1.85.